The fourth-order valence-corrected chi connectivity index (χ4v) is 4.11. The molecule has 6 heteroatoms. The highest BCUT2D eigenvalue weighted by Crippen LogP contribution is 2.44. The summed E-state index contributed by atoms with van der Waals surface area (Å²) in [6.45, 7) is 0.679. The van der Waals surface area contributed by atoms with Crippen molar-refractivity contribution in [1.82, 2.24) is 5.32 Å². The van der Waals surface area contributed by atoms with Crippen molar-refractivity contribution in [2.75, 3.05) is 0 Å². The summed E-state index contributed by atoms with van der Waals surface area (Å²) < 4.78 is 40.9. The van der Waals surface area contributed by atoms with Gasteiger partial charge in [-0.1, -0.05) is 12.5 Å². The third-order valence-electron chi connectivity index (χ3n) is 4.53. The van der Waals surface area contributed by atoms with Crippen LogP contribution in [0.1, 0.15) is 31.2 Å². The molecule has 1 N–H and O–H groups in total. The number of fused-ring (bicyclic) bond motifs is 2. The molecule has 2 saturated carbocycles. The number of halogens is 4. The van der Waals surface area contributed by atoms with Gasteiger partial charge in [0.15, 0.2) is 0 Å². The van der Waals surface area contributed by atoms with Gasteiger partial charge in [0.05, 0.1) is 4.47 Å². The molecule has 2 fully saturated rings. The van der Waals surface area contributed by atoms with Crippen LogP contribution in [0, 0.1) is 11.8 Å². The van der Waals surface area contributed by atoms with Gasteiger partial charge < -0.3 is 10.1 Å². The number of hydrogen-bond acceptors (Lipinski definition) is 2. The maximum atomic E-state index is 12.2. The maximum Gasteiger partial charge on any atom is 0.573 e. The van der Waals surface area contributed by atoms with E-state index in [9.17, 15) is 13.2 Å². The zero-order chi connectivity index (χ0) is 15.0. The molecule has 2 aliphatic rings. The highest BCUT2D eigenvalue weighted by Gasteiger charge is 2.39. The minimum Gasteiger partial charge on any atom is -0.405 e. The number of rotatable bonds is 4. The van der Waals surface area contributed by atoms with Crippen molar-refractivity contribution in [2.24, 2.45) is 11.8 Å². The predicted octanol–water partition coefficient (Wildman–Crippen LogP) is 4.63. The van der Waals surface area contributed by atoms with Crippen LogP contribution in [0.15, 0.2) is 22.7 Å². The molecule has 2 bridgehead atoms. The molecule has 3 atom stereocenters. The average Bonchev–Trinajstić information content (AvgIpc) is 3.00. The van der Waals surface area contributed by atoms with Gasteiger partial charge in [-0.15, -0.1) is 13.2 Å². The number of hydrogen-bond donors (Lipinski definition) is 1. The summed E-state index contributed by atoms with van der Waals surface area (Å²) >= 11 is 3.13. The second kappa shape index (κ2) is 5.80. The van der Waals surface area contributed by atoms with Crippen molar-refractivity contribution in [3.05, 3.63) is 28.2 Å². The lowest BCUT2D eigenvalue weighted by molar-refractivity contribution is -0.274. The van der Waals surface area contributed by atoms with Gasteiger partial charge in [-0.05, 0) is 64.7 Å². The van der Waals surface area contributed by atoms with Crippen molar-refractivity contribution in [3.63, 3.8) is 0 Å². The summed E-state index contributed by atoms with van der Waals surface area (Å²) in [6, 6.07) is 5.27. The first-order valence-corrected chi connectivity index (χ1v) is 7.97. The minimum atomic E-state index is -4.66. The Morgan fingerprint density at radius 1 is 1.24 bits per heavy atom. The zero-order valence-electron chi connectivity index (χ0n) is 11.4. The van der Waals surface area contributed by atoms with Gasteiger partial charge in [-0.3, -0.25) is 0 Å². The quantitative estimate of drug-likeness (QED) is 0.842. The van der Waals surface area contributed by atoms with E-state index in [0.29, 0.717) is 17.1 Å². The zero-order valence-corrected chi connectivity index (χ0v) is 13.0. The van der Waals surface area contributed by atoms with Crippen LogP contribution in [-0.4, -0.2) is 12.4 Å². The fraction of sp³-hybridized carbons (Fsp3) is 0.600. The lowest BCUT2D eigenvalue weighted by Gasteiger charge is -2.23. The van der Waals surface area contributed by atoms with Gasteiger partial charge >= 0.3 is 6.36 Å². The van der Waals surface area contributed by atoms with Crippen LogP contribution in [0.5, 0.6) is 5.75 Å². The van der Waals surface area contributed by atoms with Gasteiger partial charge in [0.2, 0.25) is 0 Å². The SMILES string of the molecule is FC(F)(F)Oc1ccc(CNC2CC3CCC2C3)cc1Br. The molecule has 0 radical (unpaired) electrons. The third kappa shape index (κ3) is 3.72. The largest absolute Gasteiger partial charge is 0.573 e. The van der Waals surface area contributed by atoms with Crippen molar-refractivity contribution in [1.29, 1.82) is 0 Å². The van der Waals surface area contributed by atoms with Crippen molar-refractivity contribution < 1.29 is 17.9 Å². The summed E-state index contributed by atoms with van der Waals surface area (Å²) in [5.41, 5.74) is 0.958. The second-order valence-electron chi connectivity index (χ2n) is 5.97. The van der Waals surface area contributed by atoms with E-state index < -0.39 is 6.36 Å². The molecule has 0 saturated heterocycles. The Bertz CT molecular complexity index is 520. The van der Waals surface area contributed by atoms with E-state index in [4.69, 9.17) is 0 Å². The summed E-state index contributed by atoms with van der Waals surface area (Å²) in [4.78, 5) is 0. The Morgan fingerprint density at radius 3 is 2.62 bits per heavy atom. The van der Waals surface area contributed by atoms with Gasteiger partial charge in [0.25, 0.3) is 0 Å². The molecule has 0 aromatic heterocycles. The molecule has 3 rings (SSSR count). The highest BCUT2D eigenvalue weighted by atomic mass is 79.9. The van der Waals surface area contributed by atoms with Crippen LogP contribution in [-0.2, 0) is 6.54 Å². The summed E-state index contributed by atoms with van der Waals surface area (Å²) in [5.74, 6) is 1.46. The third-order valence-corrected chi connectivity index (χ3v) is 5.15. The summed E-state index contributed by atoms with van der Waals surface area (Å²) in [7, 11) is 0. The molecule has 21 heavy (non-hydrogen) atoms. The molecular weight excluding hydrogens is 347 g/mol. The van der Waals surface area contributed by atoms with E-state index in [1.165, 1.54) is 31.7 Å². The molecule has 2 nitrogen and oxygen atoms in total. The maximum absolute atomic E-state index is 12.2. The standard InChI is InChI=1S/C15H17BrF3NO/c16-12-6-10(2-4-14(12)21-15(17,18)19)8-20-13-7-9-1-3-11(13)5-9/h2,4,6,9,11,13,20H,1,3,5,7-8H2. The van der Waals surface area contributed by atoms with Gasteiger partial charge in [0.1, 0.15) is 5.75 Å². The Hall–Kier alpha value is -0.750. The monoisotopic (exact) mass is 363 g/mol. The van der Waals surface area contributed by atoms with Crippen molar-refractivity contribution in [3.8, 4) is 5.75 Å². The Balaban J connectivity index is 1.58. The van der Waals surface area contributed by atoms with Crippen LogP contribution in [0.3, 0.4) is 0 Å². The van der Waals surface area contributed by atoms with Crippen LogP contribution in [0.25, 0.3) is 0 Å². The second-order valence-corrected chi connectivity index (χ2v) is 6.83. The van der Waals surface area contributed by atoms with Crippen LogP contribution < -0.4 is 10.1 Å². The van der Waals surface area contributed by atoms with Gasteiger partial charge in [-0.25, -0.2) is 0 Å². The topological polar surface area (TPSA) is 21.3 Å². The van der Waals surface area contributed by atoms with Crippen LogP contribution in [0.4, 0.5) is 13.2 Å². The van der Waals surface area contributed by atoms with Gasteiger partial charge in [0, 0.05) is 12.6 Å². The van der Waals surface area contributed by atoms with E-state index >= 15 is 0 Å². The number of benzene rings is 1. The lowest BCUT2D eigenvalue weighted by Crippen LogP contribution is -2.33. The van der Waals surface area contributed by atoms with Gasteiger partial charge in [-0.2, -0.15) is 0 Å². The lowest BCUT2D eigenvalue weighted by atomic mass is 9.95. The first-order chi connectivity index (χ1) is 9.90. The molecule has 1 aromatic carbocycles. The molecule has 0 amide bonds. The van der Waals surface area contributed by atoms with Crippen molar-refractivity contribution >= 4 is 15.9 Å². The van der Waals surface area contributed by atoms with Crippen LogP contribution >= 0.6 is 15.9 Å². The smallest absolute Gasteiger partial charge is 0.405 e. The molecule has 116 valence electrons. The minimum absolute atomic E-state index is 0.203. The molecule has 0 spiro atoms. The van der Waals surface area contributed by atoms with Crippen molar-refractivity contribution in [2.45, 2.75) is 44.6 Å². The summed E-state index contributed by atoms with van der Waals surface area (Å²) in [6.07, 6.45) is 0.578. The number of alkyl halides is 3. The van der Waals surface area contributed by atoms with E-state index in [1.54, 1.807) is 12.1 Å². The molecule has 0 aliphatic heterocycles. The normalized spacial score (nSPS) is 28.1. The predicted molar refractivity (Wildman–Crippen MR) is 76.9 cm³/mol. The average molecular weight is 364 g/mol. The highest BCUT2D eigenvalue weighted by molar-refractivity contribution is 9.10. The molecule has 0 heterocycles. The first-order valence-electron chi connectivity index (χ1n) is 7.18. The Labute approximate surface area is 130 Å². The number of nitrogens with one attached hydrogen (secondary N) is 1. The van der Waals surface area contributed by atoms with Crippen LogP contribution in [0.2, 0.25) is 0 Å². The Morgan fingerprint density at radius 2 is 2.05 bits per heavy atom. The number of ether oxygens (including phenoxy) is 1. The van der Waals surface area contributed by atoms with E-state index in [0.717, 1.165) is 17.4 Å². The molecule has 2 aliphatic carbocycles. The fourth-order valence-electron chi connectivity index (χ4n) is 3.61. The molecular formula is C15H17BrF3NO. The first kappa shape index (κ1) is 15.2. The van der Waals surface area contributed by atoms with E-state index in [1.807, 2.05) is 0 Å². The summed E-state index contributed by atoms with van der Waals surface area (Å²) in [5, 5.41) is 3.54. The molecule has 1 aromatic rings. The Kier molecular flexibility index (Phi) is 4.19. The molecule has 3 unspecified atom stereocenters. The van der Waals surface area contributed by atoms with E-state index in [-0.39, 0.29) is 5.75 Å². The van der Waals surface area contributed by atoms with E-state index in [2.05, 4.69) is 26.0 Å².